The van der Waals surface area contributed by atoms with Gasteiger partial charge in [-0.3, -0.25) is 0 Å². The summed E-state index contributed by atoms with van der Waals surface area (Å²) in [5.74, 6) is 1.24. The van der Waals surface area contributed by atoms with Crippen molar-refractivity contribution in [2.24, 2.45) is 17.8 Å². The Bertz CT molecular complexity index is 553. The van der Waals surface area contributed by atoms with E-state index in [0.29, 0.717) is 15.1 Å². The molecule has 0 saturated heterocycles. The van der Waals surface area contributed by atoms with Gasteiger partial charge in [0, 0.05) is 0 Å². The molecule has 2 saturated carbocycles. The van der Waals surface area contributed by atoms with Crippen LogP contribution in [-0.4, -0.2) is 0 Å². The fraction of sp³-hybridized carbons (Fsp3) is 0.600. The van der Waals surface area contributed by atoms with E-state index in [1.165, 1.54) is 38.5 Å². The highest BCUT2D eigenvalue weighted by Gasteiger charge is 2.31. The number of hydrogen-bond acceptors (Lipinski definition) is 0. The summed E-state index contributed by atoms with van der Waals surface area (Å²) in [6.45, 7) is 3.92. The number of benzene rings is 1. The first-order valence-corrected chi connectivity index (χ1v) is 9.94. The van der Waals surface area contributed by atoms with Gasteiger partial charge in [-0.1, -0.05) is 12.1 Å². The molecule has 2 aliphatic carbocycles. The van der Waals surface area contributed by atoms with E-state index in [0.717, 1.165) is 24.7 Å². The van der Waals surface area contributed by atoms with Crippen molar-refractivity contribution in [3.8, 4) is 0 Å². The Kier molecular flexibility index (Phi) is 5.76. The Hall–Kier alpha value is -0.450. The minimum absolute atomic E-state index is 0.197. The first-order valence-electron chi connectivity index (χ1n) is 8.86. The van der Waals surface area contributed by atoms with Gasteiger partial charge >= 0.3 is 0 Å². The van der Waals surface area contributed by atoms with E-state index in [-0.39, 0.29) is 5.92 Å². The standard InChI is InChI=1S/C20H25F2I/c1-2-13-3-5-14(6-4-13)15-7-9-16(10-8-15)17-11-12-18(23)20(22)19(17)21/h2,11-16H,1,3-10H2. The summed E-state index contributed by atoms with van der Waals surface area (Å²) >= 11 is 1.85. The molecule has 0 N–H and O–H groups in total. The van der Waals surface area contributed by atoms with E-state index in [1.807, 2.05) is 22.6 Å². The van der Waals surface area contributed by atoms with Crippen molar-refractivity contribution in [2.45, 2.75) is 57.3 Å². The zero-order valence-corrected chi connectivity index (χ0v) is 15.7. The molecule has 3 rings (SSSR count). The molecule has 2 aliphatic rings. The van der Waals surface area contributed by atoms with E-state index in [4.69, 9.17) is 0 Å². The van der Waals surface area contributed by atoms with Crippen molar-refractivity contribution in [1.82, 2.24) is 0 Å². The maximum Gasteiger partial charge on any atom is 0.172 e. The predicted octanol–water partition coefficient (Wildman–Crippen LogP) is 6.84. The van der Waals surface area contributed by atoms with Crippen LogP contribution >= 0.6 is 22.6 Å². The lowest BCUT2D eigenvalue weighted by molar-refractivity contribution is 0.170. The van der Waals surface area contributed by atoms with Crippen molar-refractivity contribution in [1.29, 1.82) is 0 Å². The third-order valence-electron chi connectivity index (χ3n) is 6.09. The Morgan fingerprint density at radius 2 is 1.43 bits per heavy atom. The maximum absolute atomic E-state index is 14.2. The molecule has 0 amide bonds. The van der Waals surface area contributed by atoms with Crippen molar-refractivity contribution >= 4 is 22.6 Å². The summed E-state index contributed by atoms with van der Waals surface area (Å²) < 4.78 is 28.4. The van der Waals surface area contributed by atoms with Gasteiger partial charge in [-0.15, -0.1) is 6.58 Å². The number of rotatable bonds is 3. The van der Waals surface area contributed by atoms with Crippen molar-refractivity contribution in [2.75, 3.05) is 0 Å². The quantitative estimate of drug-likeness (QED) is 0.280. The summed E-state index contributed by atoms with van der Waals surface area (Å²) in [7, 11) is 0. The molecule has 0 aliphatic heterocycles. The van der Waals surface area contributed by atoms with Crippen LogP contribution in [0.15, 0.2) is 24.8 Å². The second-order valence-electron chi connectivity index (χ2n) is 7.29. The van der Waals surface area contributed by atoms with E-state index in [2.05, 4.69) is 12.7 Å². The van der Waals surface area contributed by atoms with E-state index < -0.39 is 11.6 Å². The monoisotopic (exact) mass is 430 g/mol. The first-order chi connectivity index (χ1) is 11.1. The molecule has 0 heterocycles. The minimum Gasteiger partial charge on any atom is -0.203 e. The Balaban J connectivity index is 1.59. The molecule has 0 bridgehead atoms. The SMILES string of the molecule is C=CC1CCC(C2CCC(c3ccc(I)c(F)c3F)CC2)CC1. The molecule has 2 fully saturated rings. The average molecular weight is 430 g/mol. The third kappa shape index (κ3) is 3.80. The second kappa shape index (κ2) is 7.62. The van der Waals surface area contributed by atoms with Crippen LogP contribution in [0.4, 0.5) is 8.78 Å². The summed E-state index contributed by atoms with van der Waals surface area (Å²) in [5, 5.41) is 0. The highest BCUT2D eigenvalue weighted by molar-refractivity contribution is 14.1. The molecule has 0 radical (unpaired) electrons. The van der Waals surface area contributed by atoms with Gasteiger partial charge in [-0.2, -0.15) is 0 Å². The van der Waals surface area contributed by atoms with Gasteiger partial charge in [-0.25, -0.2) is 8.78 Å². The van der Waals surface area contributed by atoms with Crippen molar-refractivity contribution < 1.29 is 8.78 Å². The molecule has 0 aromatic heterocycles. The zero-order chi connectivity index (χ0) is 16.4. The molecule has 1 aromatic carbocycles. The lowest BCUT2D eigenvalue weighted by atomic mass is 9.68. The van der Waals surface area contributed by atoms with Crippen LogP contribution in [0.2, 0.25) is 0 Å². The van der Waals surface area contributed by atoms with Gasteiger partial charge in [0.15, 0.2) is 11.6 Å². The lowest BCUT2D eigenvalue weighted by Gasteiger charge is -2.37. The van der Waals surface area contributed by atoms with E-state index in [9.17, 15) is 8.78 Å². The third-order valence-corrected chi connectivity index (χ3v) is 6.93. The van der Waals surface area contributed by atoms with Gasteiger partial charge < -0.3 is 0 Å². The molecule has 0 atom stereocenters. The molecule has 3 heteroatoms. The number of halogens is 3. The minimum atomic E-state index is -0.673. The van der Waals surface area contributed by atoms with Crippen LogP contribution in [0.3, 0.4) is 0 Å². The van der Waals surface area contributed by atoms with Crippen molar-refractivity contribution in [3.63, 3.8) is 0 Å². The number of allylic oxidation sites excluding steroid dienone is 1. The molecule has 126 valence electrons. The molecule has 0 unspecified atom stereocenters. The van der Waals surface area contributed by atoms with E-state index >= 15 is 0 Å². The van der Waals surface area contributed by atoms with Crippen LogP contribution in [0.25, 0.3) is 0 Å². The van der Waals surface area contributed by atoms with Crippen LogP contribution < -0.4 is 0 Å². The fourth-order valence-corrected chi connectivity index (χ4v) is 5.03. The van der Waals surface area contributed by atoms with Crippen LogP contribution in [-0.2, 0) is 0 Å². The van der Waals surface area contributed by atoms with E-state index in [1.54, 1.807) is 12.1 Å². The zero-order valence-electron chi connectivity index (χ0n) is 13.5. The highest BCUT2D eigenvalue weighted by atomic mass is 127. The summed E-state index contributed by atoms with van der Waals surface area (Å²) in [5.41, 5.74) is 0.594. The summed E-state index contributed by atoms with van der Waals surface area (Å²) in [6.07, 6.45) is 11.7. The Morgan fingerprint density at radius 1 is 0.870 bits per heavy atom. The summed E-state index contributed by atoms with van der Waals surface area (Å²) in [6, 6.07) is 3.50. The highest BCUT2D eigenvalue weighted by Crippen LogP contribution is 2.44. The first kappa shape index (κ1) is 17.4. The molecule has 0 nitrogen and oxygen atoms in total. The van der Waals surface area contributed by atoms with Gasteiger partial charge in [0.2, 0.25) is 0 Å². The normalized spacial score (nSPS) is 31.8. The smallest absolute Gasteiger partial charge is 0.172 e. The molecular formula is C20H25F2I. The molecule has 23 heavy (non-hydrogen) atoms. The van der Waals surface area contributed by atoms with Crippen molar-refractivity contribution in [3.05, 3.63) is 45.6 Å². The van der Waals surface area contributed by atoms with Gasteiger partial charge in [0.25, 0.3) is 0 Å². The topological polar surface area (TPSA) is 0 Å². The summed E-state index contributed by atoms with van der Waals surface area (Å²) in [4.78, 5) is 0. The predicted molar refractivity (Wildman–Crippen MR) is 99.4 cm³/mol. The van der Waals surface area contributed by atoms with Crippen LogP contribution in [0.1, 0.15) is 62.8 Å². The van der Waals surface area contributed by atoms with Crippen LogP contribution in [0.5, 0.6) is 0 Å². The molecule has 0 spiro atoms. The van der Waals surface area contributed by atoms with Gasteiger partial charge in [0.1, 0.15) is 0 Å². The fourth-order valence-electron chi connectivity index (χ4n) is 4.61. The molecular weight excluding hydrogens is 405 g/mol. The van der Waals surface area contributed by atoms with Crippen LogP contribution in [0, 0.1) is 33.0 Å². The molecule has 1 aromatic rings. The lowest BCUT2D eigenvalue weighted by Crippen LogP contribution is -2.25. The largest absolute Gasteiger partial charge is 0.203 e. The average Bonchev–Trinajstić information content (AvgIpc) is 2.60. The second-order valence-corrected chi connectivity index (χ2v) is 8.45. The number of hydrogen-bond donors (Lipinski definition) is 0. The maximum atomic E-state index is 14.2. The van der Waals surface area contributed by atoms with Gasteiger partial charge in [-0.05, 0) is 109 Å². The Morgan fingerprint density at radius 3 is 2.00 bits per heavy atom. The Labute approximate surface area is 151 Å². The van der Waals surface area contributed by atoms with Gasteiger partial charge in [0.05, 0.1) is 3.57 Å².